The van der Waals surface area contributed by atoms with Crippen LogP contribution < -0.4 is 14.2 Å². The van der Waals surface area contributed by atoms with Crippen molar-refractivity contribution < 1.29 is 26.3 Å². The molecule has 1 aliphatic carbocycles. The molecule has 1 heterocycles. The number of nitrogens with one attached hydrogen (secondary N) is 1. The van der Waals surface area contributed by atoms with Crippen molar-refractivity contribution in [3.05, 3.63) is 18.2 Å². The van der Waals surface area contributed by atoms with E-state index in [-0.39, 0.29) is 22.6 Å². The summed E-state index contributed by atoms with van der Waals surface area (Å²) >= 11 is 0. The number of hydrogen-bond donors (Lipinski definition) is 1. The fourth-order valence-electron chi connectivity index (χ4n) is 3.24. The summed E-state index contributed by atoms with van der Waals surface area (Å²) in [7, 11) is -3.89. The molecule has 0 radical (unpaired) electrons. The minimum atomic E-state index is -3.68. The maximum Gasteiger partial charge on any atom is 0.240 e. The second-order valence-electron chi connectivity index (χ2n) is 6.96. The number of benzene rings is 1. The summed E-state index contributed by atoms with van der Waals surface area (Å²) in [5, 5.41) is -0.197. The number of methoxy groups -OCH3 is 2. The number of rotatable bonds is 8. The van der Waals surface area contributed by atoms with Gasteiger partial charge in [0.05, 0.1) is 24.4 Å². The molecule has 0 aromatic heterocycles. The minimum absolute atomic E-state index is 0.105. The summed E-state index contributed by atoms with van der Waals surface area (Å²) in [6, 6.07) is 4.44. The Morgan fingerprint density at radius 2 is 1.63 bits per heavy atom. The predicted molar refractivity (Wildman–Crippen MR) is 101 cm³/mol. The zero-order valence-corrected chi connectivity index (χ0v) is 17.2. The van der Waals surface area contributed by atoms with Crippen molar-refractivity contribution >= 4 is 20.0 Å². The molecule has 2 aliphatic rings. The maximum atomic E-state index is 12.5. The summed E-state index contributed by atoms with van der Waals surface area (Å²) in [4.78, 5) is 0.105. The summed E-state index contributed by atoms with van der Waals surface area (Å²) in [5.41, 5.74) is 0. The average molecular weight is 419 g/mol. The van der Waals surface area contributed by atoms with Gasteiger partial charge in [0.25, 0.3) is 0 Å². The lowest BCUT2D eigenvalue weighted by Gasteiger charge is -2.31. The van der Waals surface area contributed by atoms with Gasteiger partial charge in [-0.3, -0.25) is 0 Å². The van der Waals surface area contributed by atoms with E-state index in [0.717, 1.165) is 12.8 Å². The molecule has 1 aromatic carbocycles. The third-order valence-electron chi connectivity index (χ3n) is 5.11. The SMILES string of the molecule is COc1ccc(S(=O)(=O)NCC2CCN(S(=O)(=O)C3CC3)CC2)cc1OC. The molecule has 0 spiro atoms. The quantitative estimate of drug-likeness (QED) is 0.680. The molecule has 0 bridgehead atoms. The molecule has 152 valence electrons. The molecule has 2 fully saturated rings. The van der Waals surface area contributed by atoms with E-state index in [4.69, 9.17) is 9.47 Å². The van der Waals surface area contributed by atoms with E-state index in [1.807, 2.05) is 0 Å². The van der Waals surface area contributed by atoms with E-state index in [0.29, 0.717) is 37.4 Å². The lowest BCUT2D eigenvalue weighted by Crippen LogP contribution is -2.42. The van der Waals surface area contributed by atoms with E-state index in [2.05, 4.69) is 4.72 Å². The van der Waals surface area contributed by atoms with Crippen molar-refractivity contribution in [1.29, 1.82) is 0 Å². The Morgan fingerprint density at radius 3 is 2.19 bits per heavy atom. The molecule has 0 amide bonds. The van der Waals surface area contributed by atoms with Crippen molar-refractivity contribution in [2.24, 2.45) is 5.92 Å². The molecule has 1 N–H and O–H groups in total. The zero-order valence-electron chi connectivity index (χ0n) is 15.5. The maximum absolute atomic E-state index is 12.5. The lowest BCUT2D eigenvalue weighted by atomic mass is 9.99. The van der Waals surface area contributed by atoms with Gasteiger partial charge in [-0.2, -0.15) is 0 Å². The molecule has 3 rings (SSSR count). The van der Waals surface area contributed by atoms with Crippen molar-refractivity contribution in [2.45, 2.75) is 35.8 Å². The molecule has 27 heavy (non-hydrogen) atoms. The molecule has 1 aliphatic heterocycles. The van der Waals surface area contributed by atoms with Crippen molar-refractivity contribution in [3.63, 3.8) is 0 Å². The van der Waals surface area contributed by atoms with Gasteiger partial charge in [0.1, 0.15) is 0 Å². The van der Waals surface area contributed by atoms with Crippen LogP contribution in [0.2, 0.25) is 0 Å². The van der Waals surface area contributed by atoms with Crippen LogP contribution in [-0.2, 0) is 20.0 Å². The molecule has 0 atom stereocenters. The van der Waals surface area contributed by atoms with E-state index < -0.39 is 20.0 Å². The molecular formula is C17H26N2O6S2. The van der Waals surface area contributed by atoms with E-state index in [1.165, 1.54) is 26.4 Å². The van der Waals surface area contributed by atoms with Crippen molar-refractivity contribution in [1.82, 2.24) is 9.03 Å². The normalized spacial score (nSPS) is 19.8. The lowest BCUT2D eigenvalue weighted by molar-refractivity contribution is 0.274. The molecule has 1 saturated carbocycles. The topological polar surface area (TPSA) is 102 Å². The van der Waals surface area contributed by atoms with E-state index in [1.54, 1.807) is 10.4 Å². The van der Waals surface area contributed by atoms with Gasteiger partial charge >= 0.3 is 0 Å². The predicted octanol–water partition coefficient (Wildman–Crippen LogP) is 1.19. The summed E-state index contributed by atoms with van der Waals surface area (Å²) < 4.78 is 64.1. The number of sulfonamides is 2. The smallest absolute Gasteiger partial charge is 0.240 e. The van der Waals surface area contributed by atoms with Gasteiger partial charge in [-0.1, -0.05) is 0 Å². The first-order valence-corrected chi connectivity index (χ1v) is 12.0. The Morgan fingerprint density at radius 1 is 1.00 bits per heavy atom. The number of piperidine rings is 1. The van der Waals surface area contributed by atoms with Crippen LogP contribution in [0.15, 0.2) is 23.1 Å². The Kier molecular flexibility index (Phi) is 5.99. The highest BCUT2D eigenvalue weighted by atomic mass is 32.2. The standard InChI is InChI=1S/C17H26N2O6S2/c1-24-16-6-5-15(11-17(16)25-2)26(20,21)18-12-13-7-9-19(10-8-13)27(22,23)14-3-4-14/h5-6,11,13-14,18H,3-4,7-10,12H2,1-2H3. The second kappa shape index (κ2) is 7.94. The molecule has 10 heteroatoms. The van der Waals surface area contributed by atoms with Gasteiger partial charge in [-0.05, 0) is 43.7 Å². The first kappa shape index (κ1) is 20.4. The van der Waals surface area contributed by atoms with Gasteiger partial charge in [-0.15, -0.1) is 0 Å². The van der Waals surface area contributed by atoms with Crippen LogP contribution >= 0.6 is 0 Å². The van der Waals surface area contributed by atoms with Gasteiger partial charge in [0, 0.05) is 25.7 Å². The Labute approximate surface area is 160 Å². The van der Waals surface area contributed by atoms with Crippen LogP contribution in [0.5, 0.6) is 11.5 Å². The van der Waals surface area contributed by atoms with E-state index in [9.17, 15) is 16.8 Å². The van der Waals surface area contributed by atoms with Crippen molar-refractivity contribution in [2.75, 3.05) is 33.9 Å². The summed E-state index contributed by atoms with van der Waals surface area (Å²) in [5.74, 6) is 0.922. The van der Waals surface area contributed by atoms with Crippen LogP contribution in [0.3, 0.4) is 0 Å². The van der Waals surface area contributed by atoms with Gasteiger partial charge < -0.3 is 9.47 Å². The van der Waals surface area contributed by atoms with Crippen LogP contribution in [0.25, 0.3) is 0 Å². The fourth-order valence-corrected chi connectivity index (χ4v) is 6.24. The third-order valence-corrected chi connectivity index (χ3v) is 8.93. The zero-order chi connectivity index (χ0) is 19.7. The van der Waals surface area contributed by atoms with Gasteiger partial charge in [0.15, 0.2) is 11.5 Å². The molecule has 1 aromatic rings. The highest BCUT2D eigenvalue weighted by Gasteiger charge is 2.41. The third kappa shape index (κ3) is 4.56. The number of hydrogen-bond acceptors (Lipinski definition) is 6. The van der Waals surface area contributed by atoms with Gasteiger partial charge in [-0.25, -0.2) is 25.9 Å². The van der Waals surface area contributed by atoms with Crippen LogP contribution in [-0.4, -0.2) is 60.2 Å². The first-order valence-electron chi connectivity index (χ1n) is 8.98. The second-order valence-corrected chi connectivity index (χ2v) is 10.9. The molecule has 0 unspecified atom stereocenters. The Balaban J connectivity index is 1.57. The highest BCUT2D eigenvalue weighted by Crippen LogP contribution is 2.33. The monoisotopic (exact) mass is 418 g/mol. The number of ether oxygens (including phenoxy) is 2. The largest absolute Gasteiger partial charge is 0.493 e. The summed E-state index contributed by atoms with van der Waals surface area (Å²) in [6.45, 7) is 1.21. The highest BCUT2D eigenvalue weighted by molar-refractivity contribution is 7.90. The fraction of sp³-hybridized carbons (Fsp3) is 0.647. The average Bonchev–Trinajstić information content (AvgIpc) is 3.52. The van der Waals surface area contributed by atoms with Crippen LogP contribution in [0.4, 0.5) is 0 Å². The van der Waals surface area contributed by atoms with Crippen LogP contribution in [0, 0.1) is 5.92 Å². The minimum Gasteiger partial charge on any atom is -0.493 e. The van der Waals surface area contributed by atoms with Gasteiger partial charge in [0.2, 0.25) is 20.0 Å². The van der Waals surface area contributed by atoms with Crippen molar-refractivity contribution in [3.8, 4) is 11.5 Å². The molecule has 1 saturated heterocycles. The van der Waals surface area contributed by atoms with Crippen LogP contribution in [0.1, 0.15) is 25.7 Å². The number of nitrogens with zero attached hydrogens (tertiary/aromatic N) is 1. The Hall–Kier alpha value is -1.36. The van der Waals surface area contributed by atoms with E-state index >= 15 is 0 Å². The summed E-state index contributed by atoms with van der Waals surface area (Å²) in [6.07, 6.45) is 2.82. The Bertz CT molecular complexity index is 873. The molecular weight excluding hydrogens is 392 g/mol. The molecule has 8 nitrogen and oxygen atoms in total. The first-order chi connectivity index (χ1) is 12.8.